The van der Waals surface area contributed by atoms with Crippen LogP contribution in [0.25, 0.3) is 5.57 Å². The molecule has 2 aliphatic rings. The molecule has 166 valence electrons. The number of amides is 1. The SMILES string of the molecule is CNc1nc(Cc2ccc(C(=O)N3CCC(F)(F)CC3)cc2OC)nc2c1C(C#N)=CC2. The molecule has 1 amide bonds. The molecule has 1 aromatic heterocycles. The van der Waals surface area contributed by atoms with Gasteiger partial charge in [-0.3, -0.25) is 4.79 Å². The highest BCUT2D eigenvalue weighted by atomic mass is 19.3. The maximum absolute atomic E-state index is 13.4. The molecule has 1 aliphatic carbocycles. The second-order valence-electron chi connectivity index (χ2n) is 7.85. The van der Waals surface area contributed by atoms with Gasteiger partial charge in [0.15, 0.2) is 0 Å². The molecule has 9 heteroatoms. The van der Waals surface area contributed by atoms with Crippen molar-refractivity contribution in [2.45, 2.75) is 31.6 Å². The van der Waals surface area contributed by atoms with E-state index in [1.165, 1.54) is 12.0 Å². The minimum Gasteiger partial charge on any atom is -0.496 e. The Morgan fingerprint density at radius 1 is 1.31 bits per heavy atom. The summed E-state index contributed by atoms with van der Waals surface area (Å²) in [6, 6.07) is 7.26. The van der Waals surface area contributed by atoms with E-state index < -0.39 is 5.92 Å². The average molecular weight is 439 g/mol. The zero-order valence-electron chi connectivity index (χ0n) is 17.9. The first-order chi connectivity index (χ1) is 15.3. The molecule has 32 heavy (non-hydrogen) atoms. The number of alkyl halides is 2. The summed E-state index contributed by atoms with van der Waals surface area (Å²) < 4.78 is 32.3. The van der Waals surface area contributed by atoms with E-state index in [-0.39, 0.29) is 31.8 Å². The highest BCUT2D eigenvalue weighted by Gasteiger charge is 2.36. The van der Waals surface area contributed by atoms with Gasteiger partial charge < -0.3 is 15.0 Å². The lowest BCUT2D eigenvalue weighted by atomic mass is 10.0. The van der Waals surface area contributed by atoms with Crippen LogP contribution in [0.4, 0.5) is 14.6 Å². The topological polar surface area (TPSA) is 91.1 Å². The van der Waals surface area contributed by atoms with Crippen LogP contribution in [0.1, 0.15) is 45.8 Å². The summed E-state index contributed by atoms with van der Waals surface area (Å²) in [6.07, 6.45) is 2.14. The number of methoxy groups -OCH3 is 1. The van der Waals surface area contributed by atoms with Crippen molar-refractivity contribution in [2.24, 2.45) is 0 Å². The number of carbonyl (C=O) groups is 1. The van der Waals surface area contributed by atoms with E-state index in [4.69, 9.17) is 4.74 Å². The zero-order chi connectivity index (χ0) is 22.9. The smallest absolute Gasteiger partial charge is 0.253 e. The monoisotopic (exact) mass is 439 g/mol. The maximum Gasteiger partial charge on any atom is 0.253 e. The summed E-state index contributed by atoms with van der Waals surface area (Å²) in [4.78, 5) is 23.4. The lowest BCUT2D eigenvalue weighted by molar-refractivity contribution is -0.0494. The number of allylic oxidation sites excluding steroid dienone is 2. The van der Waals surface area contributed by atoms with Crippen molar-refractivity contribution in [3.05, 3.63) is 52.5 Å². The first kappa shape index (κ1) is 21.7. The van der Waals surface area contributed by atoms with Gasteiger partial charge in [0.05, 0.1) is 30.0 Å². The van der Waals surface area contributed by atoms with Crippen LogP contribution >= 0.6 is 0 Å². The van der Waals surface area contributed by atoms with E-state index in [0.29, 0.717) is 41.4 Å². The van der Waals surface area contributed by atoms with Gasteiger partial charge >= 0.3 is 0 Å². The van der Waals surface area contributed by atoms with E-state index in [9.17, 15) is 18.8 Å². The number of nitrogens with one attached hydrogen (secondary N) is 1. The van der Waals surface area contributed by atoms with E-state index in [2.05, 4.69) is 21.4 Å². The quantitative estimate of drug-likeness (QED) is 0.767. The van der Waals surface area contributed by atoms with Gasteiger partial charge in [-0.05, 0) is 12.1 Å². The zero-order valence-corrected chi connectivity index (χ0v) is 17.9. The Morgan fingerprint density at radius 2 is 2.06 bits per heavy atom. The van der Waals surface area contributed by atoms with E-state index in [1.807, 2.05) is 6.08 Å². The van der Waals surface area contributed by atoms with Gasteiger partial charge in [-0.15, -0.1) is 0 Å². The number of benzene rings is 1. The Balaban J connectivity index is 1.56. The van der Waals surface area contributed by atoms with Crippen LogP contribution in [0.5, 0.6) is 5.75 Å². The Morgan fingerprint density at radius 3 is 2.72 bits per heavy atom. The number of ether oxygens (including phenoxy) is 1. The number of likely N-dealkylation sites (tertiary alicyclic amines) is 1. The van der Waals surface area contributed by atoms with E-state index in [1.54, 1.807) is 25.2 Å². The second-order valence-corrected chi connectivity index (χ2v) is 7.85. The van der Waals surface area contributed by atoms with Crippen molar-refractivity contribution in [2.75, 3.05) is 32.6 Å². The molecular formula is C23H23F2N5O2. The Hall–Kier alpha value is -3.54. The molecule has 0 bridgehead atoms. The Kier molecular flexibility index (Phi) is 5.78. The van der Waals surface area contributed by atoms with Crippen molar-refractivity contribution in [1.29, 1.82) is 5.26 Å². The fraction of sp³-hybridized carbons (Fsp3) is 0.391. The summed E-state index contributed by atoms with van der Waals surface area (Å²) in [5.41, 5.74) is 3.28. The number of hydrogen-bond acceptors (Lipinski definition) is 6. The van der Waals surface area contributed by atoms with Gasteiger partial charge in [0.2, 0.25) is 0 Å². The highest BCUT2D eigenvalue weighted by molar-refractivity contribution is 5.95. The fourth-order valence-corrected chi connectivity index (χ4v) is 4.06. The normalized spacial score (nSPS) is 16.7. The number of nitriles is 1. The maximum atomic E-state index is 13.4. The third-order valence-electron chi connectivity index (χ3n) is 5.82. The van der Waals surface area contributed by atoms with Crippen LogP contribution in [0, 0.1) is 11.3 Å². The lowest BCUT2D eigenvalue weighted by Crippen LogP contribution is -2.42. The van der Waals surface area contributed by atoms with Crippen LogP contribution in [-0.4, -0.2) is 53.9 Å². The molecule has 0 spiro atoms. The molecule has 7 nitrogen and oxygen atoms in total. The number of piperidine rings is 1. The van der Waals surface area contributed by atoms with Crippen molar-refractivity contribution in [3.8, 4) is 11.8 Å². The molecule has 1 saturated heterocycles. The number of hydrogen-bond donors (Lipinski definition) is 1. The molecular weight excluding hydrogens is 416 g/mol. The first-order valence-corrected chi connectivity index (χ1v) is 10.4. The van der Waals surface area contributed by atoms with Crippen LogP contribution in [0.2, 0.25) is 0 Å². The van der Waals surface area contributed by atoms with Crippen molar-refractivity contribution < 1.29 is 18.3 Å². The summed E-state index contributed by atoms with van der Waals surface area (Å²) in [6.45, 7) is 0.0642. The average Bonchev–Trinajstić information content (AvgIpc) is 3.21. The summed E-state index contributed by atoms with van der Waals surface area (Å²) in [5, 5.41) is 12.3. The van der Waals surface area contributed by atoms with Crippen LogP contribution in [-0.2, 0) is 12.8 Å². The van der Waals surface area contributed by atoms with E-state index in [0.717, 1.165) is 16.8 Å². The molecule has 4 rings (SSSR count). The summed E-state index contributed by atoms with van der Waals surface area (Å²) in [7, 11) is 3.26. The van der Waals surface area contributed by atoms with Gasteiger partial charge in [-0.1, -0.05) is 12.1 Å². The molecule has 1 aliphatic heterocycles. The molecule has 2 heterocycles. The number of anilines is 1. The molecule has 1 fully saturated rings. The number of halogens is 2. The fourth-order valence-electron chi connectivity index (χ4n) is 4.06. The first-order valence-electron chi connectivity index (χ1n) is 10.4. The molecule has 0 radical (unpaired) electrons. The summed E-state index contributed by atoms with van der Waals surface area (Å²) in [5.74, 6) is -1.32. The number of aromatic nitrogens is 2. The molecule has 1 N–H and O–H groups in total. The minimum absolute atomic E-state index is 0.0321. The van der Waals surface area contributed by atoms with Gasteiger partial charge in [-0.2, -0.15) is 5.26 Å². The second kappa shape index (κ2) is 8.54. The highest BCUT2D eigenvalue weighted by Crippen LogP contribution is 2.32. The van der Waals surface area contributed by atoms with Crippen molar-refractivity contribution in [3.63, 3.8) is 0 Å². The molecule has 0 saturated carbocycles. The molecule has 0 unspecified atom stereocenters. The summed E-state index contributed by atoms with van der Waals surface area (Å²) >= 11 is 0. The molecule has 0 atom stereocenters. The van der Waals surface area contributed by atoms with Crippen molar-refractivity contribution >= 4 is 17.3 Å². The molecule has 2 aromatic rings. The number of rotatable bonds is 5. The predicted octanol–water partition coefficient (Wildman–Crippen LogP) is 3.45. The van der Waals surface area contributed by atoms with Crippen molar-refractivity contribution in [1.82, 2.24) is 14.9 Å². The van der Waals surface area contributed by atoms with Gasteiger partial charge in [0.1, 0.15) is 17.4 Å². The standard InChI is InChI=1S/C23H23F2N5O2/c1-27-21-20-16(13-26)5-6-17(20)28-19(29-21)12-14-3-4-15(11-18(14)32-2)22(31)30-9-7-23(24,25)8-10-30/h3-5,11H,6-10,12H2,1-2H3,(H,27,28,29). The Bertz CT molecular complexity index is 1130. The third-order valence-corrected chi connectivity index (χ3v) is 5.82. The lowest BCUT2D eigenvalue weighted by Gasteiger charge is -2.31. The minimum atomic E-state index is -2.70. The predicted molar refractivity (Wildman–Crippen MR) is 115 cm³/mol. The van der Waals surface area contributed by atoms with Gasteiger partial charge in [0.25, 0.3) is 11.8 Å². The Labute approximate surface area is 184 Å². The van der Waals surface area contributed by atoms with Crippen LogP contribution in [0.3, 0.4) is 0 Å². The van der Waals surface area contributed by atoms with Crippen LogP contribution < -0.4 is 10.1 Å². The van der Waals surface area contributed by atoms with Gasteiger partial charge in [0, 0.05) is 56.9 Å². The van der Waals surface area contributed by atoms with E-state index >= 15 is 0 Å². The number of nitrogens with zero attached hydrogens (tertiary/aromatic N) is 4. The molecule has 1 aromatic carbocycles. The van der Waals surface area contributed by atoms with Gasteiger partial charge in [-0.25, -0.2) is 18.7 Å². The third kappa shape index (κ3) is 4.13. The number of fused-ring (bicyclic) bond motifs is 1. The largest absolute Gasteiger partial charge is 0.496 e. The number of carbonyl (C=O) groups excluding carboxylic acids is 1. The van der Waals surface area contributed by atoms with Crippen LogP contribution in [0.15, 0.2) is 24.3 Å².